The van der Waals surface area contributed by atoms with Crippen molar-refractivity contribution in [1.29, 1.82) is 5.26 Å². The van der Waals surface area contributed by atoms with Crippen molar-refractivity contribution in [2.75, 3.05) is 5.32 Å². The van der Waals surface area contributed by atoms with Gasteiger partial charge in [0, 0.05) is 0 Å². The van der Waals surface area contributed by atoms with Crippen LogP contribution in [0, 0.1) is 18.3 Å². The molecular weight excluding hydrogens is 202 g/mol. The minimum atomic E-state index is -0.351. The van der Waals surface area contributed by atoms with Gasteiger partial charge in [0.05, 0.1) is 18.0 Å². The van der Waals surface area contributed by atoms with Gasteiger partial charge in [-0.05, 0) is 18.6 Å². The van der Waals surface area contributed by atoms with Crippen molar-refractivity contribution >= 4 is 23.2 Å². The van der Waals surface area contributed by atoms with Gasteiger partial charge < -0.3 is 5.32 Å². The van der Waals surface area contributed by atoms with Gasteiger partial charge in [0.25, 0.3) is 0 Å². The molecule has 1 heterocycles. The van der Waals surface area contributed by atoms with Crippen LogP contribution in [-0.2, 0) is 4.79 Å². The summed E-state index contributed by atoms with van der Waals surface area (Å²) in [6.45, 7) is 1.79. The first-order chi connectivity index (χ1) is 6.63. The van der Waals surface area contributed by atoms with E-state index in [2.05, 4.69) is 10.3 Å². The van der Waals surface area contributed by atoms with Crippen molar-refractivity contribution in [3.8, 4) is 6.07 Å². The maximum Gasteiger partial charge on any atom is 0.238 e. The van der Waals surface area contributed by atoms with Gasteiger partial charge in [0.2, 0.25) is 5.91 Å². The first-order valence-corrected chi connectivity index (χ1v) is 4.30. The zero-order chi connectivity index (χ0) is 10.6. The minimum Gasteiger partial charge on any atom is -0.324 e. The average molecular weight is 210 g/mol. The summed E-state index contributed by atoms with van der Waals surface area (Å²) in [5.41, 5.74) is 1.33. The Morgan fingerprint density at radius 1 is 1.79 bits per heavy atom. The number of carbonyl (C=O) groups excluding carboxylic acids is 1. The second kappa shape index (κ2) is 4.58. The highest BCUT2D eigenvalue weighted by molar-refractivity contribution is 6.30. The third-order valence-corrected chi connectivity index (χ3v) is 1.93. The smallest absolute Gasteiger partial charge is 0.238 e. The van der Waals surface area contributed by atoms with Gasteiger partial charge in [-0.25, -0.2) is 4.98 Å². The Kier molecular flexibility index (Phi) is 3.43. The molecule has 0 bridgehead atoms. The molecule has 72 valence electrons. The van der Waals surface area contributed by atoms with Crippen LogP contribution in [0.25, 0.3) is 0 Å². The van der Waals surface area contributed by atoms with Crippen LogP contribution in [0.15, 0.2) is 12.3 Å². The third-order valence-electron chi connectivity index (χ3n) is 1.54. The summed E-state index contributed by atoms with van der Waals surface area (Å²) < 4.78 is 0. The summed E-state index contributed by atoms with van der Waals surface area (Å²) >= 11 is 5.70. The number of aromatic nitrogens is 1. The summed E-state index contributed by atoms with van der Waals surface area (Å²) in [6.07, 6.45) is 1.28. The molecular formula is C9H8ClN3O. The van der Waals surface area contributed by atoms with E-state index in [1.165, 1.54) is 6.20 Å². The summed E-state index contributed by atoms with van der Waals surface area (Å²) in [4.78, 5) is 14.9. The first kappa shape index (κ1) is 10.5. The van der Waals surface area contributed by atoms with Crippen molar-refractivity contribution in [2.24, 2.45) is 0 Å². The van der Waals surface area contributed by atoms with Crippen molar-refractivity contribution in [1.82, 2.24) is 4.98 Å². The normalized spacial score (nSPS) is 9.21. The van der Waals surface area contributed by atoms with E-state index < -0.39 is 0 Å². The van der Waals surface area contributed by atoms with Gasteiger partial charge in [-0.3, -0.25) is 4.79 Å². The van der Waals surface area contributed by atoms with E-state index in [1.807, 2.05) is 0 Å². The van der Waals surface area contributed by atoms with Crippen LogP contribution in [0.3, 0.4) is 0 Å². The summed E-state index contributed by atoms with van der Waals surface area (Å²) in [5, 5.41) is 11.2. The highest BCUT2D eigenvalue weighted by atomic mass is 35.5. The molecule has 0 unspecified atom stereocenters. The molecule has 4 nitrogen and oxygen atoms in total. The lowest BCUT2D eigenvalue weighted by atomic mass is 10.3. The predicted octanol–water partition coefficient (Wildman–Crippen LogP) is 1.90. The van der Waals surface area contributed by atoms with Crippen LogP contribution >= 0.6 is 11.6 Å². The fraction of sp³-hybridized carbons (Fsp3) is 0.222. The van der Waals surface area contributed by atoms with Crippen molar-refractivity contribution in [3.05, 3.63) is 23.0 Å². The maximum atomic E-state index is 11.0. The largest absolute Gasteiger partial charge is 0.324 e. The minimum absolute atomic E-state index is 0.165. The molecule has 1 amide bonds. The van der Waals surface area contributed by atoms with Gasteiger partial charge in [0.1, 0.15) is 11.6 Å². The van der Waals surface area contributed by atoms with Gasteiger partial charge in [-0.15, -0.1) is 0 Å². The molecule has 1 N–H and O–H groups in total. The number of halogens is 1. The number of rotatable bonds is 2. The Balaban J connectivity index is 2.74. The molecule has 1 rings (SSSR count). The van der Waals surface area contributed by atoms with Crippen LogP contribution in [0.4, 0.5) is 5.69 Å². The monoisotopic (exact) mass is 209 g/mol. The van der Waals surface area contributed by atoms with E-state index in [9.17, 15) is 4.79 Å². The summed E-state index contributed by atoms with van der Waals surface area (Å²) in [6, 6.07) is 3.45. The molecule has 0 aliphatic carbocycles. The number of hydrogen-bond donors (Lipinski definition) is 1. The highest BCUT2D eigenvalue weighted by Gasteiger charge is 2.03. The number of nitrogens with zero attached hydrogens (tertiary/aromatic N) is 2. The first-order valence-electron chi connectivity index (χ1n) is 3.92. The van der Waals surface area contributed by atoms with E-state index in [4.69, 9.17) is 16.9 Å². The molecule has 5 heteroatoms. The fourth-order valence-electron chi connectivity index (χ4n) is 0.903. The number of aryl methyl sites for hydroxylation is 1. The lowest BCUT2D eigenvalue weighted by molar-refractivity contribution is -0.115. The molecule has 0 aromatic carbocycles. The van der Waals surface area contributed by atoms with Crippen LogP contribution in [0.1, 0.15) is 12.0 Å². The van der Waals surface area contributed by atoms with Gasteiger partial charge in [0.15, 0.2) is 0 Å². The second-order valence-corrected chi connectivity index (χ2v) is 3.07. The fourth-order valence-corrected chi connectivity index (χ4v) is 1.01. The number of nitrogens with one attached hydrogen (secondary N) is 1. The Labute approximate surface area is 86.5 Å². The SMILES string of the molecule is Cc1cc(NC(=O)CC#N)cnc1Cl. The van der Waals surface area contributed by atoms with Crippen molar-refractivity contribution < 1.29 is 4.79 Å². The lowest BCUT2D eigenvalue weighted by Gasteiger charge is -2.03. The zero-order valence-electron chi connectivity index (χ0n) is 7.54. The highest BCUT2D eigenvalue weighted by Crippen LogP contribution is 2.15. The lowest BCUT2D eigenvalue weighted by Crippen LogP contribution is -2.10. The molecule has 14 heavy (non-hydrogen) atoms. The number of carbonyl (C=O) groups is 1. The molecule has 1 aromatic rings. The number of amides is 1. The zero-order valence-corrected chi connectivity index (χ0v) is 8.30. The number of nitriles is 1. The Bertz CT molecular complexity index is 398. The molecule has 1 aromatic heterocycles. The summed E-state index contributed by atoms with van der Waals surface area (Å²) in [5.74, 6) is -0.351. The van der Waals surface area contributed by atoms with E-state index in [1.54, 1.807) is 19.1 Å². The van der Waals surface area contributed by atoms with Gasteiger partial charge >= 0.3 is 0 Å². The number of pyridine rings is 1. The van der Waals surface area contributed by atoms with E-state index in [0.29, 0.717) is 10.8 Å². The molecule has 0 aliphatic rings. The topological polar surface area (TPSA) is 65.8 Å². The molecule has 0 saturated carbocycles. The third kappa shape index (κ3) is 2.71. The van der Waals surface area contributed by atoms with E-state index >= 15 is 0 Å². The molecule has 0 saturated heterocycles. The number of hydrogen-bond acceptors (Lipinski definition) is 3. The van der Waals surface area contributed by atoms with Crippen LogP contribution < -0.4 is 5.32 Å². The van der Waals surface area contributed by atoms with Crippen LogP contribution in [0.5, 0.6) is 0 Å². The van der Waals surface area contributed by atoms with Crippen molar-refractivity contribution in [3.63, 3.8) is 0 Å². The number of anilines is 1. The average Bonchev–Trinajstić information content (AvgIpc) is 2.12. The predicted molar refractivity (Wildman–Crippen MR) is 52.8 cm³/mol. The van der Waals surface area contributed by atoms with E-state index in [-0.39, 0.29) is 12.3 Å². The molecule has 0 spiro atoms. The van der Waals surface area contributed by atoms with Gasteiger partial charge in [-0.2, -0.15) is 5.26 Å². The summed E-state index contributed by atoms with van der Waals surface area (Å²) in [7, 11) is 0. The molecule has 0 aliphatic heterocycles. The van der Waals surface area contributed by atoms with Crippen LogP contribution in [-0.4, -0.2) is 10.9 Å². The van der Waals surface area contributed by atoms with Crippen LogP contribution in [0.2, 0.25) is 5.15 Å². The molecule has 0 radical (unpaired) electrons. The van der Waals surface area contributed by atoms with Crippen molar-refractivity contribution in [2.45, 2.75) is 13.3 Å². The maximum absolute atomic E-state index is 11.0. The Morgan fingerprint density at radius 2 is 2.50 bits per heavy atom. The van der Waals surface area contributed by atoms with Gasteiger partial charge in [-0.1, -0.05) is 11.6 Å². The Hall–Kier alpha value is -1.60. The standard InChI is InChI=1S/C9H8ClN3O/c1-6-4-7(5-12-9(6)10)13-8(14)2-3-11/h4-5H,2H2,1H3,(H,13,14). The van der Waals surface area contributed by atoms with E-state index in [0.717, 1.165) is 5.56 Å². The Morgan fingerprint density at radius 3 is 3.07 bits per heavy atom. The quantitative estimate of drug-likeness (QED) is 0.757. The molecule has 0 atom stereocenters. The second-order valence-electron chi connectivity index (χ2n) is 2.71. The molecule has 0 fully saturated rings.